The molecule has 1 N–H and O–H groups in total. The highest BCUT2D eigenvalue weighted by Gasteiger charge is 2.33. The normalized spacial score (nSPS) is 16.8. The van der Waals surface area contributed by atoms with Crippen molar-refractivity contribution in [3.05, 3.63) is 87.1 Å². The predicted octanol–water partition coefficient (Wildman–Crippen LogP) is 3.83. The Balaban J connectivity index is 1.43. The van der Waals surface area contributed by atoms with Gasteiger partial charge in [0.25, 0.3) is 5.56 Å². The smallest absolute Gasteiger partial charge is 0.331 e. The molecule has 1 aliphatic rings. The van der Waals surface area contributed by atoms with Gasteiger partial charge in [-0.25, -0.2) is 13.2 Å². The summed E-state index contributed by atoms with van der Waals surface area (Å²) in [6.45, 7) is 5.89. The first kappa shape index (κ1) is 27.1. The van der Waals surface area contributed by atoms with Gasteiger partial charge in [-0.3, -0.25) is 18.8 Å². The Hall–Kier alpha value is -3.47. The average molecular weight is 550 g/mol. The standard InChI is InChI=1S/C29H35N5O4S/c1-4-33-25-19-24(30-27(25)28(35)34(5-2)29(33)36)22-14-16-23(17-15-22)39(37,38)31(3)26-13-9-10-18-32(26)20-21-11-7-6-8-12-21/h6-8,11-12,14-17,19,26,30H,4-5,9-10,13,18,20H2,1-3H3. The molecule has 9 nitrogen and oxygen atoms in total. The molecule has 1 fully saturated rings. The first-order valence-corrected chi connectivity index (χ1v) is 14.9. The maximum Gasteiger partial charge on any atom is 0.331 e. The molecule has 0 radical (unpaired) electrons. The van der Waals surface area contributed by atoms with E-state index in [9.17, 15) is 18.0 Å². The number of sulfonamides is 1. The van der Waals surface area contributed by atoms with Gasteiger partial charge < -0.3 is 4.98 Å². The Bertz CT molecular complexity index is 1690. The first-order chi connectivity index (χ1) is 18.8. The van der Waals surface area contributed by atoms with Crippen molar-refractivity contribution in [2.24, 2.45) is 0 Å². The van der Waals surface area contributed by atoms with Crippen LogP contribution in [0.5, 0.6) is 0 Å². The highest BCUT2D eigenvalue weighted by molar-refractivity contribution is 7.89. The molecule has 5 rings (SSSR count). The summed E-state index contributed by atoms with van der Waals surface area (Å²) in [7, 11) is -2.07. The second kappa shape index (κ2) is 11.0. The number of benzene rings is 2. The molecular formula is C29H35N5O4S. The Labute approximate surface area is 228 Å². The zero-order chi connectivity index (χ0) is 27.7. The van der Waals surface area contributed by atoms with E-state index in [0.717, 1.165) is 36.9 Å². The van der Waals surface area contributed by atoms with Crippen molar-refractivity contribution in [1.29, 1.82) is 0 Å². The molecule has 1 saturated heterocycles. The van der Waals surface area contributed by atoms with E-state index in [1.54, 1.807) is 48.9 Å². The summed E-state index contributed by atoms with van der Waals surface area (Å²) in [5.41, 5.74) is 2.75. The summed E-state index contributed by atoms with van der Waals surface area (Å²) in [5.74, 6) is 0. The van der Waals surface area contributed by atoms with Crippen molar-refractivity contribution in [2.75, 3.05) is 13.6 Å². The van der Waals surface area contributed by atoms with Gasteiger partial charge in [0.05, 0.1) is 16.6 Å². The number of aromatic amines is 1. The zero-order valence-corrected chi connectivity index (χ0v) is 23.4. The van der Waals surface area contributed by atoms with Crippen LogP contribution in [-0.2, 0) is 29.7 Å². The van der Waals surface area contributed by atoms with Gasteiger partial charge >= 0.3 is 5.69 Å². The van der Waals surface area contributed by atoms with E-state index in [0.29, 0.717) is 29.8 Å². The summed E-state index contributed by atoms with van der Waals surface area (Å²) in [6.07, 6.45) is 2.59. The largest absolute Gasteiger partial charge is 0.349 e. The lowest BCUT2D eigenvalue weighted by Crippen LogP contribution is -2.50. The van der Waals surface area contributed by atoms with Crippen LogP contribution in [0.4, 0.5) is 0 Å². The molecule has 39 heavy (non-hydrogen) atoms. The Morgan fingerprint density at radius 3 is 2.31 bits per heavy atom. The molecule has 4 aromatic rings. The van der Waals surface area contributed by atoms with Crippen LogP contribution in [-0.4, -0.2) is 51.5 Å². The number of H-pyrrole nitrogens is 1. The fraction of sp³-hybridized carbons (Fsp3) is 0.379. The lowest BCUT2D eigenvalue weighted by atomic mass is 10.1. The Kier molecular flexibility index (Phi) is 7.61. The van der Waals surface area contributed by atoms with E-state index >= 15 is 0 Å². The van der Waals surface area contributed by atoms with Crippen LogP contribution < -0.4 is 11.2 Å². The quantitative estimate of drug-likeness (QED) is 0.360. The van der Waals surface area contributed by atoms with E-state index in [1.807, 2.05) is 25.1 Å². The van der Waals surface area contributed by atoms with Gasteiger partial charge in [-0.1, -0.05) is 42.5 Å². The van der Waals surface area contributed by atoms with Gasteiger partial charge in [-0.05, 0) is 62.4 Å². The molecular weight excluding hydrogens is 514 g/mol. The van der Waals surface area contributed by atoms with Gasteiger partial charge in [0, 0.05) is 38.9 Å². The van der Waals surface area contributed by atoms with E-state index in [1.165, 1.54) is 8.87 Å². The highest BCUT2D eigenvalue weighted by Crippen LogP contribution is 2.28. The number of aryl methyl sites for hydroxylation is 1. The van der Waals surface area contributed by atoms with Crippen LogP contribution in [0.15, 0.2) is 75.1 Å². The minimum atomic E-state index is -3.74. The number of likely N-dealkylation sites (tertiary alicyclic amines) is 1. The summed E-state index contributed by atoms with van der Waals surface area (Å²) in [6, 6.07) is 18.6. The number of hydrogen-bond acceptors (Lipinski definition) is 5. The van der Waals surface area contributed by atoms with E-state index in [-0.39, 0.29) is 28.9 Å². The molecule has 0 bridgehead atoms. The topological polar surface area (TPSA) is 100 Å². The van der Waals surface area contributed by atoms with Gasteiger partial charge in [0.15, 0.2) is 0 Å². The Morgan fingerprint density at radius 1 is 0.949 bits per heavy atom. The van der Waals surface area contributed by atoms with Gasteiger partial charge in [-0.15, -0.1) is 0 Å². The number of nitrogens with one attached hydrogen (secondary N) is 1. The fourth-order valence-electron chi connectivity index (χ4n) is 5.55. The number of hydrogen-bond donors (Lipinski definition) is 1. The molecule has 206 valence electrons. The number of fused-ring (bicyclic) bond motifs is 1. The molecule has 1 atom stereocenters. The number of aromatic nitrogens is 3. The van der Waals surface area contributed by atoms with Crippen LogP contribution in [0.1, 0.15) is 38.7 Å². The average Bonchev–Trinajstić information content (AvgIpc) is 3.40. The third-order valence-electron chi connectivity index (χ3n) is 7.71. The van der Waals surface area contributed by atoms with Gasteiger partial charge in [0.2, 0.25) is 10.0 Å². The van der Waals surface area contributed by atoms with Gasteiger partial charge in [-0.2, -0.15) is 4.31 Å². The molecule has 0 spiro atoms. The fourth-order valence-corrected chi connectivity index (χ4v) is 6.92. The summed E-state index contributed by atoms with van der Waals surface area (Å²) >= 11 is 0. The maximum absolute atomic E-state index is 13.7. The minimum Gasteiger partial charge on any atom is -0.349 e. The molecule has 0 saturated carbocycles. The second-order valence-electron chi connectivity index (χ2n) is 10.00. The molecule has 0 aliphatic carbocycles. The molecule has 2 aromatic heterocycles. The minimum absolute atomic E-state index is 0.217. The van der Waals surface area contributed by atoms with E-state index in [4.69, 9.17) is 0 Å². The van der Waals surface area contributed by atoms with Crippen LogP contribution in [0.25, 0.3) is 22.3 Å². The third-order valence-corrected chi connectivity index (χ3v) is 9.58. The van der Waals surface area contributed by atoms with Crippen molar-refractivity contribution in [3.8, 4) is 11.3 Å². The first-order valence-electron chi connectivity index (χ1n) is 13.5. The Morgan fingerprint density at radius 2 is 1.64 bits per heavy atom. The lowest BCUT2D eigenvalue weighted by Gasteiger charge is -2.40. The van der Waals surface area contributed by atoms with Crippen molar-refractivity contribution < 1.29 is 8.42 Å². The van der Waals surface area contributed by atoms with Crippen molar-refractivity contribution in [2.45, 2.75) is 63.8 Å². The van der Waals surface area contributed by atoms with E-state index in [2.05, 4.69) is 22.0 Å². The molecule has 0 amide bonds. The molecule has 10 heteroatoms. The molecule has 2 aromatic carbocycles. The maximum atomic E-state index is 13.7. The molecule has 1 aliphatic heterocycles. The van der Waals surface area contributed by atoms with Crippen LogP contribution in [0, 0.1) is 0 Å². The SMILES string of the molecule is CCn1c(=O)c2[nH]c(-c3ccc(S(=O)(=O)N(C)C4CCCCN4Cc4ccccc4)cc3)cc2n(CC)c1=O. The zero-order valence-electron chi connectivity index (χ0n) is 22.6. The van der Waals surface area contributed by atoms with Crippen LogP contribution in [0.2, 0.25) is 0 Å². The third kappa shape index (κ3) is 4.99. The number of piperidine rings is 1. The molecule has 3 heterocycles. The second-order valence-corrected chi connectivity index (χ2v) is 12.0. The number of nitrogens with zero attached hydrogens (tertiary/aromatic N) is 4. The molecule has 1 unspecified atom stereocenters. The van der Waals surface area contributed by atoms with Crippen LogP contribution >= 0.6 is 0 Å². The van der Waals surface area contributed by atoms with Crippen molar-refractivity contribution in [1.82, 2.24) is 23.3 Å². The monoisotopic (exact) mass is 549 g/mol. The summed E-state index contributed by atoms with van der Waals surface area (Å²) in [5, 5.41) is 0. The highest BCUT2D eigenvalue weighted by atomic mass is 32.2. The number of rotatable bonds is 8. The summed E-state index contributed by atoms with van der Waals surface area (Å²) < 4.78 is 31.6. The lowest BCUT2D eigenvalue weighted by molar-refractivity contribution is 0.0687. The van der Waals surface area contributed by atoms with Crippen molar-refractivity contribution in [3.63, 3.8) is 0 Å². The van der Waals surface area contributed by atoms with E-state index < -0.39 is 10.0 Å². The summed E-state index contributed by atoms with van der Waals surface area (Å²) in [4.78, 5) is 31.2. The van der Waals surface area contributed by atoms with Crippen LogP contribution in [0.3, 0.4) is 0 Å². The van der Waals surface area contributed by atoms with Gasteiger partial charge in [0.1, 0.15) is 5.52 Å². The predicted molar refractivity (Wildman–Crippen MR) is 153 cm³/mol. The van der Waals surface area contributed by atoms with Crippen molar-refractivity contribution >= 4 is 21.1 Å².